The van der Waals surface area contributed by atoms with Crippen LogP contribution in [0, 0.1) is 20.8 Å². The van der Waals surface area contributed by atoms with Crippen LogP contribution >= 0.6 is 0 Å². The number of fused-ring (bicyclic) bond motifs is 2. The van der Waals surface area contributed by atoms with Crippen LogP contribution in [0.1, 0.15) is 38.1 Å². The van der Waals surface area contributed by atoms with E-state index in [4.69, 9.17) is 14.2 Å². The van der Waals surface area contributed by atoms with Crippen LogP contribution in [0.2, 0.25) is 0 Å². The van der Waals surface area contributed by atoms with E-state index in [0.717, 1.165) is 22.8 Å². The Balaban J connectivity index is 1.25. The quantitative estimate of drug-likeness (QED) is 0.318. The van der Waals surface area contributed by atoms with Gasteiger partial charge in [-0.15, -0.1) is 5.10 Å². The Kier molecular flexibility index (Phi) is 5.48. The highest BCUT2D eigenvalue weighted by atomic mass is 16.6. The maximum Gasteiger partial charge on any atom is 0.378 e. The molecule has 0 aliphatic carbocycles. The molecule has 10 nitrogen and oxygen atoms in total. The van der Waals surface area contributed by atoms with Gasteiger partial charge in [0.15, 0.2) is 24.2 Å². The van der Waals surface area contributed by atoms with Gasteiger partial charge in [0, 0.05) is 28.8 Å². The van der Waals surface area contributed by atoms with E-state index in [2.05, 4.69) is 15.1 Å². The van der Waals surface area contributed by atoms with E-state index in [1.165, 1.54) is 4.52 Å². The van der Waals surface area contributed by atoms with Gasteiger partial charge < -0.3 is 18.8 Å². The highest BCUT2D eigenvalue weighted by Crippen LogP contribution is 2.31. The summed E-state index contributed by atoms with van der Waals surface area (Å²) in [6.45, 7) is 6.12. The van der Waals surface area contributed by atoms with Crippen LogP contribution in [0.25, 0.3) is 5.78 Å². The summed E-state index contributed by atoms with van der Waals surface area (Å²) in [4.78, 5) is 33.4. The molecular formula is C24H23N5O5. The molecule has 0 bridgehead atoms. The first kappa shape index (κ1) is 21.6. The molecule has 1 aliphatic heterocycles. The molecule has 34 heavy (non-hydrogen) atoms. The average molecular weight is 461 g/mol. The predicted molar refractivity (Wildman–Crippen MR) is 120 cm³/mol. The first-order valence-electron chi connectivity index (χ1n) is 10.8. The number of nitrogens with zero attached hydrogens (tertiary/aromatic N) is 5. The van der Waals surface area contributed by atoms with E-state index in [-0.39, 0.29) is 17.7 Å². The van der Waals surface area contributed by atoms with Crippen LogP contribution in [0.5, 0.6) is 11.5 Å². The maximum atomic E-state index is 12.8. The zero-order chi connectivity index (χ0) is 23.8. The number of carbonyl (C=O) groups is 2. The molecule has 1 unspecified atom stereocenters. The van der Waals surface area contributed by atoms with E-state index in [9.17, 15) is 9.59 Å². The summed E-state index contributed by atoms with van der Waals surface area (Å²) in [5, 5.41) is 4.11. The third kappa shape index (κ3) is 3.98. The Hall–Kier alpha value is -4.21. The fourth-order valence-electron chi connectivity index (χ4n) is 3.99. The number of aryl methyl sites for hydroxylation is 2. The van der Waals surface area contributed by atoms with E-state index in [0.29, 0.717) is 30.2 Å². The molecule has 1 aromatic carbocycles. The zero-order valence-corrected chi connectivity index (χ0v) is 19.0. The number of esters is 1. The van der Waals surface area contributed by atoms with E-state index in [1.807, 2.05) is 49.6 Å². The van der Waals surface area contributed by atoms with E-state index >= 15 is 0 Å². The van der Waals surface area contributed by atoms with Gasteiger partial charge in [-0.25, -0.2) is 14.3 Å². The van der Waals surface area contributed by atoms with Crippen molar-refractivity contribution in [3.05, 3.63) is 71.1 Å². The molecule has 1 aliphatic rings. The molecule has 0 amide bonds. The molecule has 5 rings (SSSR count). The highest BCUT2D eigenvalue weighted by Gasteiger charge is 2.25. The number of carbonyl (C=O) groups excluding carboxylic acids is 2. The molecule has 10 heteroatoms. The number of hydrogen-bond acceptors (Lipinski definition) is 8. The standard InChI is InChI=1S/C24H23N5O5/c1-14-8-9-25-24-26-22(27-29(14)24)23(31)33-13-19(30)18-10-15(2)28(16(18)3)11-17-12-32-20-6-4-5-7-21(20)34-17/h4-10,17H,11-13H2,1-3H3. The third-order valence-corrected chi connectivity index (χ3v) is 5.77. The van der Waals surface area contributed by atoms with Crippen molar-refractivity contribution in [1.82, 2.24) is 24.1 Å². The Morgan fingerprint density at radius 1 is 1.12 bits per heavy atom. The molecule has 0 saturated carbocycles. The van der Waals surface area contributed by atoms with Gasteiger partial charge in [-0.2, -0.15) is 4.98 Å². The summed E-state index contributed by atoms with van der Waals surface area (Å²) in [7, 11) is 0. The minimum absolute atomic E-state index is 0.144. The Morgan fingerprint density at radius 2 is 1.91 bits per heavy atom. The SMILES string of the molecule is Cc1cc(C(=O)COC(=O)c2nc3nccc(C)n3n2)c(C)n1CC1COc2ccccc2O1. The van der Waals surface area contributed by atoms with Crippen LogP contribution in [0.3, 0.4) is 0 Å². The summed E-state index contributed by atoms with van der Waals surface area (Å²) >= 11 is 0. The molecule has 4 aromatic rings. The topological polar surface area (TPSA) is 110 Å². The van der Waals surface area contributed by atoms with Crippen LogP contribution in [-0.4, -0.2) is 55.2 Å². The first-order chi connectivity index (χ1) is 16.4. The maximum absolute atomic E-state index is 12.8. The smallest absolute Gasteiger partial charge is 0.378 e. The molecule has 174 valence electrons. The number of benzene rings is 1. The average Bonchev–Trinajstić information content (AvgIpc) is 3.40. The second-order valence-electron chi connectivity index (χ2n) is 8.13. The van der Waals surface area contributed by atoms with Crippen molar-refractivity contribution in [3.8, 4) is 11.5 Å². The second-order valence-corrected chi connectivity index (χ2v) is 8.13. The summed E-state index contributed by atoms with van der Waals surface area (Å²) in [6, 6.07) is 11.1. The molecular weight excluding hydrogens is 438 g/mol. The molecule has 1 atom stereocenters. The van der Waals surface area contributed by atoms with Crippen molar-refractivity contribution in [3.63, 3.8) is 0 Å². The number of para-hydroxylation sites is 2. The van der Waals surface area contributed by atoms with Gasteiger partial charge in [0.05, 0.1) is 6.54 Å². The molecule has 0 spiro atoms. The number of ether oxygens (including phenoxy) is 3. The number of aromatic nitrogens is 5. The van der Waals surface area contributed by atoms with Gasteiger partial charge in [0.1, 0.15) is 6.61 Å². The largest absolute Gasteiger partial charge is 0.486 e. The van der Waals surface area contributed by atoms with Gasteiger partial charge in [0.25, 0.3) is 11.6 Å². The van der Waals surface area contributed by atoms with Crippen LogP contribution < -0.4 is 9.47 Å². The van der Waals surface area contributed by atoms with Crippen LogP contribution in [-0.2, 0) is 11.3 Å². The fraction of sp³-hybridized carbons (Fsp3) is 0.292. The van der Waals surface area contributed by atoms with Crippen molar-refractivity contribution in [1.29, 1.82) is 0 Å². The first-order valence-corrected chi connectivity index (χ1v) is 10.8. The molecule has 0 N–H and O–H groups in total. The van der Waals surface area contributed by atoms with Crippen molar-refractivity contribution < 1.29 is 23.8 Å². The van der Waals surface area contributed by atoms with E-state index in [1.54, 1.807) is 18.3 Å². The minimum Gasteiger partial charge on any atom is -0.486 e. The van der Waals surface area contributed by atoms with Gasteiger partial charge in [-0.3, -0.25) is 4.79 Å². The Bertz CT molecular complexity index is 1410. The second kappa shape index (κ2) is 8.62. The van der Waals surface area contributed by atoms with Crippen LogP contribution in [0.4, 0.5) is 0 Å². The normalized spacial score (nSPS) is 14.9. The van der Waals surface area contributed by atoms with Gasteiger partial charge in [0.2, 0.25) is 5.78 Å². The molecule has 3 aromatic heterocycles. The van der Waals surface area contributed by atoms with Crippen molar-refractivity contribution in [2.75, 3.05) is 13.2 Å². The molecule has 4 heterocycles. The summed E-state index contributed by atoms with van der Waals surface area (Å²) in [6.07, 6.45) is 1.38. The van der Waals surface area contributed by atoms with E-state index < -0.39 is 12.6 Å². The number of hydrogen-bond donors (Lipinski definition) is 0. The molecule has 0 saturated heterocycles. The lowest BCUT2D eigenvalue weighted by atomic mass is 10.1. The van der Waals surface area contributed by atoms with Crippen molar-refractivity contribution >= 4 is 17.5 Å². The molecule has 0 radical (unpaired) electrons. The van der Waals surface area contributed by atoms with Crippen LogP contribution in [0.15, 0.2) is 42.6 Å². The highest BCUT2D eigenvalue weighted by molar-refractivity contribution is 6.00. The van der Waals surface area contributed by atoms with Crippen molar-refractivity contribution in [2.24, 2.45) is 0 Å². The fourth-order valence-corrected chi connectivity index (χ4v) is 3.99. The Labute approximate surface area is 195 Å². The Morgan fingerprint density at radius 3 is 2.71 bits per heavy atom. The lowest BCUT2D eigenvalue weighted by Gasteiger charge is -2.27. The monoisotopic (exact) mass is 461 g/mol. The lowest BCUT2D eigenvalue weighted by molar-refractivity contribution is 0.0462. The van der Waals surface area contributed by atoms with Gasteiger partial charge in [-0.05, 0) is 45.0 Å². The lowest BCUT2D eigenvalue weighted by Crippen LogP contribution is -2.33. The number of rotatable bonds is 6. The predicted octanol–water partition coefficient (Wildman–Crippen LogP) is 2.73. The summed E-state index contributed by atoms with van der Waals surface area (Å²) in [5.41, 5.74) is 2.93. The number of ketones is 1. The summed E-state index contributed by atoms with van der Waals surface area (Å²) < 4.78 is 20.5. The van der Waals surface area contributed by atoms with Gasteiger partial charge >= 0.3 is 5.97 Å². The number of Topliss-reactive ketones (excluding diaryl/α,β-unsaturated/α-hetero) is 1. The van der Waals surface area contributed by atoms with Gasteiger partial charge in [-0.1, -0.05) is 12.1 Å². The summed E-state index contributed by atoms with van der Waals surface area (Å²) in [5.74, 6) is 0.488. The van der Waals surface area contributed by atoms with Crippen molar-refractivity contribution in [2.45, 2.75) is 33.4 Å². The third-order valence-electron chi connectivity index (χ3n) is 5.77. The minimum atomic E-state index is -0.779. The zero-order valence-electron chi connectivity index (χ0n) is 19.0. The molecule has 0 fully saturated rings.